The second-order valence-corrected chi connectivity index (χ2v) is 13.1. The van der Waals surface area contributed by atoms with E-state index in [0.29, 0.717) is 56.5 Å². The molecule has 1 atom stereocenters. The van der Waals surface area contributed by atoms with E-state index in [0.717, 1.165) is 42.6 Å². The number of nitrogens with zero attached hydrogens (tertiary/aromatic N) is 5. The number of ether oxygens (including phenoxy) is 1. The Kier molecular flexibility index (Phi) is 7.87. The minimum absolute atomic E-state index is 0.0170. The summed E-state index contributed by atoms with van der Waals surface area (Å²) < 4.78 is 18.9. The Balaban J connectivity index is 1.00. The molecule has 0 unspecified atom stereocenters. The van der Waals surface area contributed by atoms with E-state index in [-0.39, 0.29) is 29.6 Å². The van der Waals surface area contributed by atoms with Crippen molar-refractivity contribution in [2.24, 2.45) is 11.3 Å². The summed E-state index contributed by atoms with van der Waals surface area (Å²) in [5, 5.41) is 3.08. The normalized spacial score (nSPS) is 20.2. The fourth-order valence-corrected chi connectivity index (χ4v) is 7.23. The molecule has 3 aliphatic heterocycles. The van der Waals surface area contributed by atoms with E-state index in [1.54, 1.807) is 12.3 Å². The molecule has 0 radical (unpaired) electrons. The number of hydrogen-bond acceptors (Lipinski definition) is 7. The van der Waals surface area contributed by atoms with Crippen LogP contribution in [0.15, 0.2) is 66.4 Å². The van der Waals surface area contributed by atoms with Crippen LogP contribution in [0, 0.1) is 17.2 Å². The summed E-state index contributed by atoms with van der Waals surface area (Å²) in [5.74, 6) is 0.119. The Morgan fingerprint density at radius 2 is 1.60 bits per heavy atom. The summed E-state index contributed by atoms with van der Waals surface area (Å²) in [5.41, 5.74) is 6.42. The Bertz CT molecular complexity index is 1600. The smallest absolute Gasteiger partial charge is 0.270 e. The Morgan fingerprint density at radius 1 is 0.956 bits per heavy atom. The molecule has 3 aromatic rings. The van der Waals surface area contributed by atoms with Crippen molar-refractivity contribution in [1.29, 1.82) is 0 Å². The molecule has 1 saturated carbocycles. The predicted molar refractivity (Wildman–Crippen MR) is 169 cm³/mol. The van der Waals surface area contributed by atoms with Crippen molar-refractivity contribution in [3.05, 3.63) is 94.6 Å². The van der Waals surface area contributed by atoms with Crippen LogP contribution in [0.1, 0.15) is 53.0 Å². The number of allylic oxidation sites excluding steroid dienone is 1. The predicted octanol–water partition coefficient (Wildman–Crippen LogP) is 3.93. The van der Waals surface area contributed by atoms with Crippen molar-refractivity contribution in [3.8, 4) is 0 Å². The standard InChI is InChI=1S/C35H39FN6O3/c1-23(38-32(43)30-11-12-37-34(39-30)42-15-13-41(14-16-42)33(44)28-19-45-20-28)24-3-5-25(6-4-24)31(26-7-9-29(36)10-8-26)27-17-35(18-27)21-40(2)22-35/h3-12,23,28H,13-22H2,1-2H3,(H,38,43)/t23-/m1/s1. The molecule has 4 fully saturated rings. The van der Waals surface area contributed by atoms with Crippen LogP contribution in [0.3, 0.4) is 0 Å². The zero-order valence-corrected chi connectivity index (χ0v) is 25.8. The molecule has 9 nitrogen and oxygen atoms in total. The van der Waals surface area contributed by atoms with Crippen LogP contribution in [0.2, 0.25) is 0 Å². The van der Waals surface area contributed by atoms with Crippen molar-refractivity contribution in [2.45, 2.75) is 25.8 Å². The van der Waals surface area contributed by atoms with E-state index in [9.17, 15) is 14.0 Å². The summed E-state index contributed by atoms with van der Waals surface area (Å²) in [6.07, 6.45) is 3.75. The number of aromatic nitrogens is 2. The van der Waals surface area contributed by atoms with E-state index in [2.05, 4.69) is 51.5 Å². The average Bonchev–Trinajstić information content (AvgIpc) is 2.99. The van der Waals surface area contributed by atoms with E-state index in [1.165, 1.54) is 23.3 Å². The van der Waals surface area contributed by atoms with E-state index in [1.807, 2.05) is 28.9 Å². The Morgan fingerprint density at radius 3 is 2.20 bits per heavy atom. The number of carbonyl (C=O) groups is 2. The van der Waals surface area contributed by atoms with Crippen molar-refractivity contribution < 1.29 is 18.7 Å². The third kappa shape index (κ3) is 5.96. The second-order valence-electron chi connectivity index (χ2n) is 13.1. The van der Waals surface area contributed by atoms with Crippen LogP contribution in [-0.2, 0) is 9.53 Å². The van der Waals surface area contributed by atoms with Crippen molar-refractivity contribution in [1.82, 2.24) is 25.1 Å². The van der Waals surface area contributed by atoms with Gasteiger partial charge in [-0.2, -0.15) is 0 Å². The molecule has 10 heteroatoms. The molecule has 234 valence electrons. The summed E-state index contributed by atoms with van der Waals surface area (Å²) in [6.45, 7) is 7.66. The molecule has 1 N–H and O–H groups in total. The minimum atomic E-state index is -0.270. The van der Waals surface area contributed by atoms with E-state index >= 15 is 0 Å². The highest BCUT2D eigenvalue weighted by atomic mass is 19.1. The fourth-order valence-electron chi connectivity index (χ4n) is 7.23. The molecule has 3 saturated heterocycles. The Labute approximate surface area is 263 Å². The number of piperazine rings is 1. The van der Waals surface area contributed by atoms with Gasteiger partial charge in [0.15, 0.2) is 0 Å². The highest BCUT2D eigenvalue weighted by molar-refractivity contribution is 5.92. The molecular formula is C35H39FN6O3. The van der Waals surface area contributed by atoms with Gasteiger partial charge in [0.1, 0.15) is 11.5 Å². The largest absolute Gasteiger partial charge is 0.380 e. The van der Waals surface area contributed by atoms with Crippen LogP contribution >= 0.6 is 0 Å². The monoisotopic (exact) mass is 610 g/mol. The molecule has 1 aromatic heterocycles. The van der Waals surface area contributed by atoms with Crippen LogP contribution in [0.25, 0.3) is 5.57 Å². The van der Waals surface area contributed by atoms with Crippen LogP contribution in [0.4, 0.5) is 10.3 Å². The maximum atomic E-state index is 13.8. The zero-order valence-electron chi connectivity index (χ0n) is 25.8. The SMILES string of the molecule is C[C@@H](NC(=O)c1ccnc(N2CCN(C(=O)C3COC3)CC2)n1)c1ccc(C(=C2CC3(C2)CN(C)C3)c2ccc(F)cc2)cc1. The van der Waals surface area contributed by atoms with Gasteiger partial charge in [-0.1, -0.05) is 42.0 Å². The lowest BCUT2D eigenvalue weighted by molar-refractivity contribution is -0.150. The van der Waals surface area contributed by atoms with Gasteiger partial charge in [-0.15, -0.1) is 0 Å². The average molecular weight is 611 g/mol. The van der Waals surface area contributed by atoms with Gasteiger partial charge in [-0.05, 0) is 67.3 Å². The number of likely N-dealkylation sites (tertiary alicyclic amines) is 1. The highest BCUT2D eigenvalue weighted by Crippen LogP contribution is 2.54. The third-order valence-corrected chi connectivity index (χ3v) is 9.66. The van der Waals surface area contributed by atoms with Crippen LogP contribution in [0.5, 0.6) is 0 Å². The fraction of sp³-hybridized carbons (Fsp3) is 0.429. The van der Waals surface area contributed by atoms with Crippen LogP contribution in [-0.4, -0.2) is 91.1 Å². The van der Waals surface area contributed by atoms with Gasteiger partial charge < -0.3 is 24.8 Å². The summed E-state index contributed by atoms with van der Waals surface area (Å²) in [6, 6.07) is 16.5. The summed E-state index contributed by atoms with van der Waals surface area (Å²) in [7, 11) is 2.16. The maximum Gasteiger partial charge on any atom is 0.270 e. The third-order valence-electron chi connectivity index (χ3n) is 9.66. The zero-order chi connectivity index (χ0) is 31.1. The molecule has 7 rings (SSSR count). The molecule has 0 bridgehead atoms. The number of nitrogens with one attached hydrogen (secondary N) is 1. The number of carbonyl (C=O) groups excluding carboxylic acids is 2. The first-order valence-corrected chi connectivity index (χ1v) is 15.8. The van der Waals surface area contributed by atoms with E-state index in [4.69, 9.17) is 4.74 Å². The lowest BCUT2D eigenvalue weighted by Crippen LogP contribution is -2.58. The minimum Gasteiger partial charge on any atom is -0.380 e. The molecule has 2 aromatic carbocycles. The van der Waals surface area contributed by atoms with Gasteiger partial charge in [0.05, 0.1) is 25.2 Å². The topological polar surface area (TPSA) is 90.9 Å². The van der Waals surface area contributed by atoms with Gasteiger partial charge in [-0.3, -0.25) is 9.59 Å². The number of benzene rings is 2. The second kappa shape index (κ2) is 12.0. The van der Waals surface area contributed by atoms with Gasteiger partial charge in [-0.25, -0.2) is 14.4 Å². The lowest BCUT2D eigenvalue weighted by Gasteiger charge is -2.56. The van der Waals surface area contributed by atoms with Gasteiger partial charge in [0, 0.05) is 50.9 Å². The maximum absolute atomic E-state index is 13.8. The van der Waals surface area contributed by atoms with Crippen molar-refractivity contribution >= 4 is 23.3 Å². The number of hydrogen-bond donors (Lipinski definition) is 1. The molecule has 4 aliphatic rings. The quantitative estimate of drug-likeness (QED) is 0.434. The number of anilines is 1. The Hall–Kier alpha value is -4.15. The molecule has 1 spiro atoms. The van der Waals surface area contributed by atoms with Crippen molar-refractivity contribution in [3.63, 3.8) is 0 Å². The van der Waals surface area contributed by atoms with Gasteiger partial charge in [0.2, 0.25) is 11.9 Å². The highest BCUT2D eigenvalue weighted by Gasteiger charge is 2.49. The van der Waals surface area contributed by atoms with E-state index < -0.39 is 0 Å². The molecule has 1 aliphatic carbocycles. The number of rotatable bonds is 7. The first kappa shape index (κ1) is 29.6. The number of halogens is 1. The molecular weight excluding hydrogens is 571 g/mol. The summed E-state index contributed by atoms with van der Waals surface area (Å²) in [4.78, 5) is 41.0. The first-order valence-electron chi connectivity index (χ1n) is 15.8. The van der Waals surface area contributed by atoms with Crippen LogP contribution < -0.4 is 10.2 Å². The molecule has 45 heavy (non-hydrogen) atoms. The summed E-state index contributed by atoms with van der Waals surface area (Å²) >= 11 is 0. The lowest BCUT2D eigenvalue weighted by atomic mass is 9.59. The molecule has 2 amide bonds. The van der Waals surface area contributed by atoms with Gasteiger partial charge >= 0.3 is 0 Å². The number of amides is 2. The molecule has 4 heterocycles. The first-order chi connectivity index (χ1) is 21.8. The van der Waals surface area contributed by atoms with Gasteiger partial charge in [0.25, 0.3) is 5.91 Å². The van der Waals surface area contributed by atoms with Crippen molar-refractivity contribution in [2.75, 3.05) is 64.4 Å².